The van der Waals surface area contributed by atoms with Crippen molar-refractivity contribution in [1.29, 1.82) is 5.26 Å². The monoisotopic (exact) mass is 480 g/mol. The lowest BCUT2D eigenvalue weighted by Crippen LogP contribution is -2.23. The number of amides is 1. The second-order valence-electron chi connectivity index (χ2n) is 7.01. The van der Waals surface area contributed by atoms with Crippen LogP contribution in [0.15, 0.2) is 72.3 Å². The molecule has 168 valence electrons. The molecule has 3 aromatic rings. The molecule has 0 saturated carbocycles. The lowest BCUT2D eigenvalue weighted by Gasteiger charge is -2.13. The predicted molar refractivity (Wildman–Crippen MR) is 130 cm³/mol. The lowest BCUT2D eigenvalue weighted by atomic mass is 10.1. The van der Waals surface area contributed by atoms with Crippen molar-refractivity contribution in [2.24, 2.45) is 0 Å². The maximum Gasteiger partial charge on any atom is 0.262 e. The number of ether oxygens (including phenoxy) is 2. The first-order valence-corrected chi connectivity index (χ1v) is 11.0. The minimum Gasteiger partial charge on any atom is -0.490 e. The van der Waals surface area contributed by atoms with E-state index in [1.54, 1.807) is 30.3 Å². The molecule has 0 heterocycles. The van der Waals surface area contributed by atoms with Gasteiger partial charge in [-0.1, -0.05) is 65.7 Å². The van der Waals surface area contributed by atoms with Crippen LogP contribution in [0, 0.1) is 11.3 Å². The molecule has 3 rings (SSSR count). The fourth-order valence-electron chi connectivity index (χ4n) is 2.98. The Hall–Kier alpha value is -3.46. The zero-order valence-corrected chi connectivity index (χ0v) is 19.5. The van der Waals surface area contributed by atoms with Crippen molar-refractivity contribution in [3.8, 4) is 17.6 Å². The van der Waals surface area contributed by atoms with Crippen LogP contribution in [0.4, 0.5) is 0 Å². The van der Waals surface area contributed by atoms with E-state index in [1.165, 1.54) is 6.08 Å². The first kappa shape index (κ1) is 24.2. The topological polar surface area (TPSA) is 71.3 Å². The number of halogens is 2. The number of hydrogen-bond donors (Lipinski definition) is 1. The molecular weight excluding hydrogens is 459 g/mol. The SMILES string of the molecule is CCOc1cc(/C=C(/C#N)C(=O)NCc2ccccc2)ccc1OCc1ccc(Cl)c(Cl)c1. The number of nitrogens with zero attached hydrogens (tertiary/aromatic N) is 1. The van der Waals surface area contributed by atoms with Crippen LogP contribution in [-0.2, 0) is 17.9 Å². The van der Waals surface area contributed by atoms with Gasteiger partial charge in [-0.15, -0.1) is 0 Å². The standard InChI is InChI=1S/C26H22Cl2N2O3/c1-2-32-25-14-19(9-11-24(25)33-17-20-8-10-22(27)23(28)13-20)12-21(15-29)26(31)30-16-18-6-4-3-5-7-18/h3-14H,2,16-17H2,1H3,(H,30,31)/b21-12-. The number of carbonyl (C=O) groups excluding carboxylic acids is 1. The summed E-state index contributed by atoms with van der Waals surface area (Å²) in [4.78, 5) is 12.5. The highest BCUT2D eigenvalue weighted by molar-refractivity contribution is 6.42. The van der Waals surface area contributed by atoms with Crippen molar-refractivity contribution in [2.75, 3.05) is 6.61 Å². The van der Waals surface area contributed by atoms with Crippen LogP contribution in [0.25, 0.3) is 6.08 Å². The molecule has 0 fully saturated rings. The molecule has 0 saturated heterocycles. The molecule has 0 unspecified atom stereocenters. The normalized spacial score (nSPS) is 10.9. The van der Waals surface area contributed by atoms with Gasteiger partial charge in [0.25, 0.3) is 5.91 Å². The highest BCUT2D eigenvalue weighted by Crippen LogP contribution is 2.31. The van der Waals surface area contributed by atoms with E-state index >= 15 is 0 Å². The summed E-state index contributed by atoms with van der Waals surface area (Å²) in [6, 6.07) is 22.0. The van der Waals surface area contributed by atoms with Gasteiger partial charge in [-0.3, -0.25) is 4.79 Å². The molecule has 0 radical (unpaired) electrons. The molecule has 0 atom stereocenters. The Kier molecular flexibility index (Phi) is 8.77. The molecular formula is C26H22Cl2N2O3. The van der Waals surface area contributed by atoms with Gasteiger partial charge < -0.3 is 14.8 Å². The molecule has 3 aromatic carbocycles. The first-order chi connectivity index (χ1) is 16.0. The largest absolute Gasteiger partial charge is 0.490 e. The van der Waals surface area contributed by atoms with E-state index in [9.17, 15) is 10.1 Å². The molecule has 1 N–H and O–H groups in total. The number of benzene rings is 3. The van der Waals surface area contributed by atoms with Crippen LogP contribution >= 0.6 is 23.2 Å². The summed E-state index contributed by atoms with van der Waals surface area (Å²) in [5, 5.41) is 13.2. The molecule has 1 amide bonds. The molecule has 0 spiro atoms. The second-order valence-corrected chi connectivity index (χ2v) is 7.83. The van der Waals surface area contributed by atoms with Gasteiger partial charge in [-0.25, -0.2) is 0 Å². The Morgan fingerprint density at radius 2 is 1.76 bits per heavy atom. The Morgan fingerprint density at radius 1 is 0.970 bits per heavy atom. The van der Waals surface area contributed by atoms with Gasteiger partial charge in [0.05, 0.1) is 16.7 Å². The van der Waals surface area contributed by atoms with E-state index < -0.39 is 5.91 Å². The van der Waals surface area contributed by atoms with E-state index in [2.05, 4.69) is 5.32 Å². The molecule has 0 aromatic heterocycles. The van der Waals surface area contributed by atoms with Gasteiger partial charge in [0.1, 0.15) is 18.2 Å². The van der Waals surface area contributed by atoms with Crippen molar-refractivity contribution in [2.45, 2.75) is 20.1 Å². The predicted octanol–water partition coefficient (Wildman–Crippen LogP) is 6.19. The zero-order chi connectivity index (χ0) is 23.6. The molecule has 33 heavy (non-hydrogen) atoms. The summed E-state index contributed by atoms with van der Waals surface area (Å²) in [6.07, 6.45) is 1.52. The third kappa shape index (κ3) is 7.01. The Balaban J connectivity index is 1.73. The van der Waals surface area contributed by atoms with Crippen molar-refractivity contribution in [3.63, 3.8) is 0 Å². The summed E-state index contributed by atoms with van der Waals surface area (Å²) in [5.41, 5.74) is 2.45. The summed E-state index contributed by atoms with van der Waals surface area (Å²) < 4.78 is 11.6. The molecule has 5 nitrogen and oxygen atoms in total. The van der Waals surface area contributed by atoms with Crippen molar-refractivity contribution in [3.05, 3.63) is 99.0 Å². The fraction of sp³-hybridized carbons (Fsp3) is 0.154. The number of carbonyl (C=O) groups is 1. The maximum absolute atomic E-state index is 12.5. The van der Waals surface area contributed by atoms with Crippen LogP contribution < -0.4 is 14.8 Å². The molecule has 0 bridgehead atoms. The smallest absolute Gasteiger partial charge is 0.262 e. The van der Waals surface area contributed by atoms with E-state index in [4.69, 9.17) is 32.7 Å². The number of hydrogen-bond acceptors (Lipinski definition) is 4. The van der Waals surface area contributed by atoms with E-state index in [0.29, 0.717) is 40.3 Å². The minimum atomic E-state index is -0.445. The Morgan fingerprint density at radius 3 is 2.45 bits per heavy atom. The first-order valence-electron chi connectivity index (χ1n) is 10.3. The van der Waals surface area contributed by atoms with Gasteiger partial charge in [-0.05, 0) is 54.0 Å². The Bertz CT molecular complexity index is 1190. The molecule has 0 aliphatic heterocycles. The van der Waals surface area contributed by atoms with Crippen molar-refractivity contribution >= 4 is 35.2 Å². The van der Waals surface area contributed by atoms with Gasteiger partial charge in [0.2, 0.25) is 0 Å². The number of nitrogens with one attached hydrogen (secondary N) is 1. The highest BCUT2D eigenvalue weighted by Gasteiger charge is 2.11. The Labute approximate surface area is 203 Å². The van der Waals surface area contributed by atoms with Crippen LogP contribution in [0.3, 0.4) is 0 Å². The van der Waals surface area contributed by atoms with Crippen molar-refractivity contribution in [1.82, 2.24) is 5.32 Å². The summed E-state index contributed by atoms with van der Waals surface area (Å²) in [7, 11) is 0. The average molecular weight is 481 g/mol. The fourth-order valence-corrected chi connectivity index (χ4v) is 3.30. The summed E-state index contributed by atoms with van der Waals surface area (Å²) >= 11 is 12.0. The van der Waals surface area contributed by atoms with Gasteiger partial charge in [0, 0.05) is 6.54 Å². The molecule has 0 aliphatic carbocycles. The molecule has 0 aliphatic rings. The zero-order valence-electron chi connectivity index (χ0n) is 18.0. The van der Waals surface area contributed by atoms with E-state index in [1.807, 2.05) is 49.4 Å². The lowest BCUT2D eigenvalue weighted by molar-refractivity contribution is -0.117. The van der Waals surface area contributed by atoms with Gasteiger partial charge >= 0.3 is 0 Å². The van der Waals surface area contributed by atoms with Crippen LogP contribution in [-0.4, -0.2) is 12.5 Å². The van der Waals surface area contributed by atoms with E-state index in [-0.39, 0.29) is 12.2 Å². The van der Waals surface area contributed by atoms with Crippen LogP contribution in [0.1, 0.15) is 23.6 Å². The minimum absolute atomic E-state index is 0.00199. The maximum atomic E-state index is 12.5. The van der Waals surface area contributed by atoms with E-state index in [0.717, 1.165) is 11.1 Å². The third-order valence-corrected chi connectivity index (χ3v) is 5.36. The van der Waals surface area contributed by atoms with Crippen LogP contribution in [0.2, 0.25) is 10.0 Å². The van der Waals surface area contributed by atoms with Gasteiger partial charge in [-0.2, -0.15) is 5.26 Å². The third-order valence-electron chi connectivity index (χ3n) is 4.62. The summed E-state index contributed by atoms with van der Waals surface area (Å²) in [5.74, 6) is 0.597. The summed E-state index contributed by atoms with van der Waals surface area (Å²) in [6.45, 7) is 2.91. The number of nitriles is 1. The quantitative estimate of drug-likeness (QED) is 0.292. The number of rotatable bonds is 9. The van der Waals surface area contributed by atoms with Gasteiger partial charge in [0.15, 0.2) is 11.5 Å². The second kappa shape index (κ2) is 12.0. The van der Waals surface area contributed by atoms with Crippen molar-refractivity contribution < 1.29 is 14.3 Å². The molecule has 7 heteroatoms. The van der Waals surface area contributed by atoms with Crippen LogP contribution in [0.5, 0.6) is 11.5 Å². The highest BCUT2D eigenvalue weighted by atomic mass is 35.5. The average Bonchev–Trinajstić information content (AvgIpc) is 2.83.